The Morgan fingerprint density at radius 1 is 1.26 bits per heavy atom. The molecule has 0 aliphatic carbocycles. The molecule has 0 spiro atoms. The standard InChI is InChI=1S/C21H20N4O5S/c1-4-27-21(26)29-16-8-23-19(22)17-14(10-31-18(16)17)9-28-15-7-13(6-5-11(15)2)20-24-12(3)25-30-20/h5-8,10H,4,9H2,1-3H3,(H2,22,23). The number of carbonyl (C=O) groups excluding carboxylic acids is 1. The molecule has 2 N–H and O–H groups in total. The first-order chi connectivity index (χ1) is 15.0. The van der Waals surface area contributed by atoms with Gasteiger partial charge in [-0.1, -0.05) is 11.2 Å². The second-order valence-corrected chi connectivity index (χ2v) is 7.55. The van der Waals surface area contributed by atoms with E-state index >= 15 is 0 Å². The number of benzene rings is 1. The van der Waals surface area contributed by atoms with Crippen molar-refractivity contribution in [3.05, 3.63) is 46.7 Å². The highest BCUT2D eigenvalue weighted by atomic mass is 32.1. The molecular formula is C21H20N4O5S. The molecular weight excluding hydrogens is 420 g/mol. The van der Waals surface area contributed by atoms with E-state index in [2.05, 4.69) is 15.1 Å². The number of thiophene rings is 1. The molecule has 0 saturated heterocycles. The first-order valence-corrected chi connectivity index (χ1v) is 10.4. The highest BCUT2D eigenvalue weighted by molar-refractivity contribution is 7.17. The van der Waals surface area contributed by atoms with Gasteiger partial charge in [-0.2, -0.15) is 4.98 Å². The van der Waals surface area contributed by atoms with Crippen LogP contribution in [0.4, 0.5) is 10.6 Å². The van der Waals surface area contributed by atoms with Gasteiger partial charge >= 0.3 is 6.16 Å². The second kappa shape index (κ2) is 8.60. The van der Waals surface area contributed by atoms with E-state index in [1.54, 1.807) is 13.8 Å². The summed E-state index contributed by atoms with van der Waals surface area (Å²) in [6.07, 6.45) is 0.626. The average Bonchev–Trinajstić information content (AvgIpc) is 3.37. The molecule has 0 amide bonds. The summed E-state index contributed by atoms with van der Waals surface area (Å²) < 4.78 is 22.1. The number of hydrogen-bond donors (Lipinski definition) is 1. The Labute approximate surface area is 181 Å². The predicted octanol–water partition coefficient (Wildman–Crippen LogP) is 4.66. The van der Waals surface area contributed by atoms with E-state index in [1.165, 1.54) is 17.5 Å². The van der Waals surface area contributed by atoms with Crippen molar-refractivity contribution < 1.29 is 23.5 Å². The number of nitrogens with two attached hydrogens (primary N) is 1. The monoisotopic (exact) mass is 440 g/mol. The number of fused-ring (bicyclic) bond motifs is 1. The van der Waals surface area contributed by atoms with Crippen molar-refractivity contribution in [3.8, 4) is 23.0 Å². The fraction of sp³-hybridized carbons (Fsp3) is 0.238. The van der Waals surface area contributed by atoms with Crippen molar-refractivity contribution in [2.45, 2.75) is 27.4 Å². The number of anilines is 1. The lowest BCUT2D eigenvalue weighted by Crippen LogP contribution is -2.10. The molecule has 0 unspecified atom stereocenters. The van der Waals surface area contributed by atoms with Crippen LogP contribution in [0.15, 0.2) is 34.3 Å². The fourth-order valence-corrected chi connectivity index (χ4v) is 3.99. The molecule has 0 aliphatic heterocycles. The van der Waals surface area contributed by atoms with Crippen LogP contribution in [0.1, 0.15) is 23.9 Å². The van der Waals surface area contributed by atoms with E-state index in [-0.39, 0.29) is 13.2 Å². The van der Waals surface area contributed by atoms with Crippen LogP contribution in [0.3, 0.4) is 0 Å². The number of ether oxygens (including phenoxy) is 3. The second-order valence-electron chi connectivity index (χ2n) is 6.67. The molecule has 3 heterocycles. The maximum atomic E-state index is 11.7. The highest BCUT2D eigenvalue weighted by Gasteiger charge is 2.17. The minimum absolute atomic E-state index is 0.218. The number of nitrogens with zero attached hydrogens (tertiary/aromatic N) is 3. The Balaban J connectivity index is 1.59. The minimum Gasteiger partial charge on any atom is -0.489 e. The first kappa shape index (κ1) is 20.6. The Bertz CT molecular complexity index is 1250. The van der Waals surface area contributed by atoms with E-state index in [9.17, 15) is 4.79 Å². The molecule has 10 heteroatoms. The predicted molar refractivity (Wildman–Crippen MR) is 115 cm³/mol. The fourth-order valence-electron chi connectivity index (χ4n) is 2.98. The van der Waals surface area contributed by atoms with Crippen LogP contribution in [-0.4, -0.2) is 27.9 Å². The summed E-state index contributed by atoms with van der Waals surface area (Å²) in [6, 6.07) is 5.68. The van der Waals surface area contributed by atoms with Gasteiger partial charge in [0.1, 0.15) is 18.2 Å². The summed E-state index contributed by atoms with van der Waals surface area (Å²) in [5.74, 6) is 2.30. The molecule has 0 saturated carbocycles. The lowest BCUT2D eigenvalue weighted by Gasteiger charge is -2.11. The molecule has 0 atom stereocenters. The Morgan fingerprint density at radius 2 is 2.10 bits per heavy atom. The van der Waals surface area contributed by atoms with Gasteiger partial charge in [0.2, 0.25) is 0 Å². The minimum atomic E-state index is -0.787. The molecule has 0 fully saturated rings. The van der Waals surface area contributed by atoms with Gasteiger partial charge in [-0.3, -0.25) is 0 Å². The summed E-state index contributed by atoms with van der Waals surface area (Å²) >= 11 is 1.39. The van der Waals surface area contributed by atoms with E-state index in [0.717, 1.165) is 16.7 Å². The molecule has 160 valence electrons. The lowest BCUT2D eigenvalue weighted by molar-refractivity contribution is 0.105. The van der Waals surface area contributed by atoms with Crippen LogP contribution in [0.2, 0.25) is 0 Å². The Kier molecular flexibility index (Phi) is 5.72. The number of aryl methyl sites for hydroxylation is 2. The van der Waals surface area contributed by atoms with Gasteiger partial charge in [-0.25, -0.2) is 9.78 Å². The van der Waals surface area contributed by atoms with Gasteiger partial charge in [0.15, 0.2) is 11.6 Å². The van der Waals surface area contributed by atoms with Crippen molar-refractivity contribution in [1.82, 2.24) is 15.1 Å². The van der Waals surface area contributed by atoms with Crippen molar-refractivity contribution in [2.24, 2.45) is 0 Å². The highest BCUT2D eigenvalue weighted by Crippen LogP contribution is 2.37. The number of aromatic nitrogens is 3. The maximum Gasteiger partial charge on any atom is 0.513 e. The summed E-state index contributed by atoms with van der Waals surface area (Å²) in [5.41, 5.74) is 8.65. The van der Waals surface area contributed by atoms with Gasteiger partial charge in [-0.05, 0) is 43.8 Å². The first-order valence-electron chi connectivity index (χ1n) is 9.49. The molecule has 0 radical (unpaired) electrons. The zero-order chi connectivity index (χ0) is 22.0. The van der Waals surface area contributed by atoms with Crippen molar-refractivity contribution in [3.63, 3.8) is 0 Å². The Hall–Kier alpha value is -3.66. The molecule has 31 heavy (non-hydrogen) atoms. The van der Waals surface area contributed by atoms with E-state index < -0.39 is 6.16 Å². The summed E-state index contributed by atoms with van der Waals surface area (Å²) in [7, 11) is 0. The maximum absolute atomic E-state index is 11.7. The SMILES string of the molecule is CCOC(=O)Oc1cnc(N)c2c(COc3cc(-c4nc(C)no4)ccc3C)csc12. The molecule has 4 rings (SSSR count). The smallest absolute Gasteiger partial charge is 0.489 e. The van der Waals surface area contributed by atoms with E-state index in [4.69, 9.17) is 24.5 Å². The molecule has 0 aliphatic rings. The van der Waals surface area contributed by atoms with Gasteiger partial charge in [0, 0.05) is 16.5 Å². The number of hydrogen-bond acceptors (Lipinski definition) is 10. The molecule has 1 aromatic carbocycles. The van der Waals surface area contributed by atoms with Crippen LogP contribution in [0, 0.1) is 13.8 Å². The number of carbonyl (C=O) groups is 1. The third-order valence-electron chi connectivity index (χ3n) is 4.47. The van der Waals surface area contributed by atoms with Crippen LogP contribution < -0.4 is 15.2 Å². The normalized spacial score (nSPS) is 10.9. The topological polar surface area (TPSA) is 123 Å². The van der Waals surface area contributed by atoms with Crippen molar-refractivity contribution in [1.29, 1.82) is 0 Å². The summed E-state index contributed by atoms with van der Waals surface area (Å²) in [6.45, 7) is 5.89. The number of nitrogen functional groups attached to an aromatic ring is 1. The third-order valence-corrected chi connectivity index (χ3v) is 5.51. The molecule has 0 bridgehead atoms. The van der Waals surface area contributed by atoms with Gasteiger partial charge in [0.05, 0.1) is 17.5 Å². The molecule has 3 aromatic heterocycles. The van der Waals surface area contributed by atoms with Crippen molar-refractivity contribution in [2.75, 3.05) is 12.3 Å². The molecule has 9 nitrogen and oxygen atoms in total. The quantitative estimate of drug-likeness (QED) is 0.426. The van der Waals surface area contributed by atoms with Gasteiger partial charge in [0.25, 0.3) is 5.89 Å². The van der Waals surface area contributed by atoms with E-state index in [0.29, 0.717) is 39.1 Å². The lowest BCUT2D eigenvalue weighted by atomic mass is 10.1. The van der Waals surface area contributed by atoms with Crippen LogP contribution in [-0.2, 0) is 11.3 Å². The Morgan fingerprint density at radius 3 is 2.84 bits per heavy atom. The van der Waals surface area contributed by atoms with Gasteiger partial charge in [-0.15, -0.1) is 11.3 Å². The average molecular weight is 440 g/mol. The zero-order valence-corrected chi connectivity index (χ0v) is 18.0. The van der Waals surface area contributed by atoms with Gasteiger partial charge < -0.3 is 24.5 Å². The van der Waals surface area contributed by atoms with Crippen LogP contribution in [0.5, 0.6) is 11.5 Å². The molecule has 4 aromatic rings. The largest absolute Gasteiger partial charge is 0.513 e. The number of pyridine rings is 1. The van der Waals surface area contributed by atoms with Crippen LogP contribution >= 0.6 is 11.3 Å². The third kappa shape index (κ3) is 4.29. The summed E-state index contributed by atoms with van der Waals surface area (Å²) in [5, 5.41) is 6.42. The van der Waals surface area contributed by atoms with Crippen molar-refractivity contribution >= 4 is 33.4 Å². The number of rotatable bonds is 6. The van der Waals surface area contributed by atoms with E-state index in [1.807, 2.05) is 30.5 Å². The zero-order valence-electron chi connectivity index (χ0n) is 17.2. The van der Waals surface area contributed by atoms with Crippen LogP contribution in [0.25, 0.3) is 21.5 Å². The summed E-state index contributed by atoms with van der Waals surface area (Å²) in [4.78, 5) is 20.1.